The minimum absolute atomic E-state index is 0.0183. The molecule has 0 amide bonds. The predicted molar refractivity (Wildman–Crippen MR) is 146 cm³/mol. The molecule has 40 heavy (non-hydrogen) atoms. The van der Waals surface area contributed by atoms with Crippen molar-refractivity contribution >= 4 is 23.5 Å². The van der Waals surface area contributed by atoms with Crippen molar-refractivity contribution in [2.75, 3.05) is 10.7 Å². The van der Waals surface area contributed by atoms with Gasteiger partial charge in [0.15, 0.2) is 5.82 Å². The Hall–Kier alpha value is -5.19. The third-order valence-electron chi connectivity index (χ3n) is 5.75. The van der Waals surface area contributed by atoms with Gasteiger partial charge in [-0.2, -0.15) is 18.3 Å². The molecule has 0 spiro atoms. The number of hydrogen-bond acceptors (Lipinski definition) is 7. The number of nitrogens with zero attached hydrogens (tertiary/aromatic N) is 5. The summed E-state index contributed by atoms with van der Waals surface area (Å²) in [6.07, 6.45) is -0.484. The van der Waals surface area contributed by atoms with Gasteiger partial charge in [-0.3, -0.25) is 4.98 Å². The Morgan fingerprint density at radius 1 is 0.800 bits per heavy atom. The molecule has 11 heteroatoms. The van der Waals surface area contributed by atoms with Crippen LogP contribution in [0.25, 0.3) is 22.6 Å². The second-order valence-electron chi connectivity index (χ2n) is 8.66. The smallest absolute Gasteiger partial charge is 0.354 e. The molecule has 2 N–H and O–H groups in total. The molecule has 3 heterocycles. The number of aromatic nitrogens is 4. The number of hydrazone groups is 1. The van der Waals surface area contributed by atoms with Crippen molar-refractivity contribution < 1.29 is 17.6 Å². The summed E-state index contributed by atoms with van der Waals surface area (Å²) < 4.78 is 53.5. The summed E-state index contributed by atoms with van der Waals surface area (Å²) in [6, 6.07) is 21.4. The number of aryl methyl sites for hydroxylation is 1. The molecule has 5 rings (SSSR count). The molecule has 200 valence electrons. The minimum atomic E-state index is -4.43. The van der Waals surface area contributed by atoms with Crippen molar-refractivity contribution in [3.63, 3.8) is 0 Å². The SMILES string of the molecule is Cc1cc(Nc2cccc(C(F)(F)F)c2)cnc1/C=N/Nc1ncc(F)c(-c2cccc(-c3ccccc3)n2)n1. The molecule has 0 aliphatic carbocycles. The van der Waals surface area contributed by atoms with Crippen molar-refractivity contribution in [2.45, 2.75) is 13.1 Å². The van der Waals surface area contributed by atoms with Gasteiger partial charge in [-0.05, 0) is 48.9 Å². The normalized spacial score (nSPS) is 11.5. The molecular weight excluding hydrogens is 522 g/mol. The van der Waals surface area contributed by atoms with E-state index in [2.05, 4.69) is 35.8 Å². The fourth-order valence-electron chi connectivity index (χ4n) is 3.82. The molecule has 5 aromatic rings. The van der Waals surface area contributed by atoms with E-state index in [1.807, 2.05) is 36.4 Å². The zero-order valence-corrected chi connectivity index (χ0v) is 21.0. The van der Waals surface area contributed by atoms with Crippen LogP contribution in [0.1, 0.15) is 16.8 Å². The highest BCUT2D eigenvalue weighted by Gasteiger charge is 2.30. The summed E-state index contributed by atoms with van der Waals surface area (Å²) in [5, 5.41) is 7.03. The van der Waals surface area contributed by atoms with Gasteiger partial charge in [0.2, 0.25) is 5.95 Å². The number of alkyl halides is 3. The van der Waals surface area contributed by atoms with Crippen LogP contribution in [-0.2, 0) is 6.18 Å². The molecule has 0 bridgehead atoms. The fraction of sp³-hybridized carbons (Fsp3) is 0.0690. The van der Waals surface area contributed by atoms with E-state index >= 15 is 0 Å². The molecular formula is C29H21F4N7. The number of halogens is 4. The van der Waals surface area contributed by atoms with E-state index < -0.39 is 17.6 Å². The lowest BCUT2D eigenvalue weighted by Crippen LogP contribution is -2.05. The zero-order valence-electron chi connectivity index (χ0n) is 21.0. The van der Waals surface area contributed by atoms with Crippen LogP contribution in [0.4, 0.5) is 34.9 Å². The summed E-state index contributed by atoms with van der Waals surface area (Å²) in [7, 11) is 0. The van der Waals surface area contributed by atoms with Crippen LogP contribution < -0.4 is 10.7 Å². The summed E-state index contributed by atoms with van der Waals surface area (Å²) in [4.78, 5) is 17.0. The number of nitrogens with one attached hydrogen (secondary N) is 2. The van der Waals surface area contributed by atoms with Crippen LogP contribution in [0.3, 0.4) is 0 Å². The molecule has 0 saturated heterocycles. The molecule has 0 radical (unpaired) electrons. The fourth-order valence-corrected chi connectivity index (χ4v) is 3.82. The Bertz CT molecular complexity index is 1670. The quantitative estimate of drug-likeness (QED) is 0.128. The monoisotopic (exact) mass is 543 g/mol. The minimum Gasteiger partial charge on any atom is -0.354 e. The summed E-state index contributed by atoms with van der Waals surface area (Å²) in [6.45, 7) is 1.78. The molecule has 0 aliphatic heterocycles. The van der Waals surface area contributed by atoms with Crippen molar-refractivity contribution in [1.82, 2.24) is 19.9 Å². The first-order valence-corrected chi connectivity index (χ1v) is 12.0. The number of anilines is 3. The van der Waals surface area contributed by atoms with Gasteiger partial charge in [0.1, 0.15) is 5.69 Å². The first-order chi connectivity index (χ1) is 19.3. The van der Waals surface area contributed by atoms with Crippen LogP contribution in [0, 0.1) is 12.7 Å². The summed E-state index contributed by atoms with van der Waals surface area (Å²) in [5.74, 6) is -0.575. The van der Waals surface area contributed by atoms with Crippen molar-refractivity contribution in [2.24, 2.45) is 5.10 Å². The van der Waals surface area contributed by atoms with E-state index in [1.165, 1.54) is 24.5 Å². The van der Waals surface area contributed by atoms with Gasteiger partial charge in [-0.15, -0.1) is 0 Å². The lowest BCUT2D eigenvalue weighted by Gasteiger charge is -2.11. The number of rotatable bonds is 7. The molecule has 0 unspecified atom stereocenters. The molecule has 2 aromatic carbocycles. The number of hydrogen-bond donors (Lipinski definition) is 2. The Kier molecular flexibility index (Phi) is 7.45. The van der Waals surface area contributed by atoms with Gasteiger partial charge in [0.25, 0.3) is 0 Å². The van der Waals surface area contributed by atoms with E-state index in [1.54, 1.807) is 25.1 Å². The predicted octanol–water partition coefficient (Wildman–Crippen LogP) is 7.26. The Labute approximate surface area is 226 Å². The van der Waals surface area contributed by atoms with E-state index in [0.29, 0.717) is 28.3 Å². The average molecular weight is 544 g/mol. The Morgan fingerprint density at radius 3 is 2.35 bits per heavy atom. The highest BCUT2D eigenvalue weighted by molar-refractivity contribution is 5.80. The van der Waals surface area contributed by atoms with Crippen molar-refractivity contribution in [1.29, 1.82) is 0 Å². The van der Waals surface area contributed by atoms with E-state index in [-0.39, 0.29) is 17.3 Å². The maximum atomic E-state index is 14.6. The van der Waals surface area contributed by atoms with Gasteiger partial charge in [0, 0.05) is 11.3 Å². The first kappa shape index (κ1) is 26.4. The maximum absolute atomic E-state index is 14.6. The van der Waals surface area contributed by atoms with Crippen LogP contribution in [0.15, 0.2) is 96.4 Å². The van der Waals surface area contributed by atoms with Gasteiger partial charge in [-0.25, -0.2) is 24.8 Å². The van der Waals surface area contributed by atoms with Gasteiger partial charge in [-0.1, -0.05) is 42.5 Å². The molecule has 0 atom stereocenters. The Morgan fingerprint density at radius 2 is 1.57 bits per heavy atom. The van der Waals surface area contributed by atoms with Crippen LogP contribution in [0.5, 0.6) is 0 Å². The molecule has 7 nitrogen and oxygen atoms in total. The maximum Gasteiger partial charge on any atom is 0.416 e. The Balaban J connectivity index is 1.29. The standard InChI is InChI=1S/C29H21F4N7/c1-18-13-22(37-21-10-5-9-20(14-21)29(31,32)33)15-34-26(18)17-36-40-28-35-16-23(30)27(39-28)25-12-6-11-24(38-25)19-7-3-2-4-8-19/h2-17,37H,1H3,(H,35,39,40)/b36-17+. The molecule has 0 aliphatic rings. The summed E-state index contributed by atoms with van der Waals surface area (Å²) >= 11 is 0. The van der Waals surface area contributed by atoms with Gasteiger partial charge >= 0.3 is 6.18 Å². The van der Waals surface area contributed by atoms with Gasteiger partial charge in [0.05, 0.1) is 46.9 Å². The first-order valence-electron chi connectivity index (χ1n) is 12.0. The molecule has 3 aromatic heterocycles. The second-order valence-corrected chi connectivity index (χ2v) is 8.66. The number of pyridine rings is 2. The van der Waals surface area contributed by atoms with Crippen LogP contribution in [0.2, 0.25) is 0 Å². The lowest BCUT2D eigenvalue weighted by atomic mass is 10.1. The zero-order chi connectivity index (χ0) is 28.1. The number of benzene rings is 2. The van der Waals surface area contributed by atoms with E-state index in [0.717, 1.165) is 23.9 Å². The summed E-state index contributed by atoms with van der Waals surface area (Å²) in [5.41, 5.74) is 5.86. The van der Waals surface area contributed by atoms with E-state index in [9.17, 15) is 17.6 Å². The topological polar surface area (TPSA) is 88.0 Å². The van der Waals surface area contributed by atoms with Crippen molar-refractivity contribution in [3.05, 3.63) is 114 Å². The van der Waals surface area contributed by atoms with Crippen LogP contribution >= 0.6 is 0 Å². The second kappa shape index (κ2) is 11.3. The van der Waals surface area contributed by atoms with E-state index in [4.69, 9.17) is 0 Å². The lowest BCUT2D eigenvalue weighted by molar-refractivity contribution is -0.137. The largest absolute Gasteiger partial charge is 0.416 e. The molecule has 0 fully saturated rings. The third kappa shape index (κ3) is 6.26. The third-order valence-corrected chi connectivity index (χ3v) is 5.75. The average Bonchev–Trinajstić information content (AvgIpc) is 2.95. The van der Waals surface area contributed by atoms with Gasteiger partial charge < -0.3 is 5.32 Å². The molecule has 0 saturated carbocycles. The van der Waals surface area contributed by atoms with Crippen LogP contribution in [-0.4, -0.2) is 26.2 Å². The highest BCUT2D eigenvalue weighted by atomic mass is 19.4. The highest BCUT2D eigenvalue weighted by Crippen LogP contribution is 2.31. The van der Waals surface area contributed by atoms with Crippen molar-refractivity contribution in [3.8, 4) is 22.6 Å².